The van der Waals surface area contributed by atoms with Gasteiger partial charge in [-0.2, -0.15) is 0 Å². The van der Waals surface area contributed by atoms with Crippen molar-refractivity contribution in [2.75, 3.05) is 61.0 Å². The van der Waals surface area contributed by atoms with Gasteiger partial charge in [-0.05, 0) is 32.6 Å². The van der Waals surface area contributed by atoms with E-state index in [2.05, 4.69) is 42.0 Å². The number of ether oxygens (including phenoxy) is 2. The number of hydrogen-bond donors (Lipinski definition) is 0. The van der Waals surface area contributed by atoms with E-state index in [1.54, 1.807) is 0 Å². The fourth-order valence-corrected chi connectivity index (χ4v) is 7.74. The molecule has 0 radical (unpaired) electrons. The molecule has 0 aliphatic rings. The maximum atomic E-state index is 12.7. The predicted octanol–water partition coefficient (Wildman–Crippen LogP) is 13.5. The van der Waals surface area contributed by atoms with E-state index >= 15 is 0 Å². The van der Waals surface area contributed by atoms with Gasteiger partial charge in [0.15, 0.2) is 13.1 Å². The molecule has 0 bridgehead atoms. The molecular formula is C48H98N2O4+2. The number of nitrogens with zero attached hydrogens (tertiary/aromatic N) is 2. The molecule has 0 aromatic heterocycles. The van der Waals surface area contributed by atoms with Crippen molar-refractivity contribution in [3.05, 3.63) is 0 Å². The van der Waals surface area contributed by atoms with Gasteiger partial charge in [0.1, 0.15) is 6.10 Å². The Labute approximate surface area is 338 Å². The molecule has 0 rings (SSSR count). The summed E-state index contributed by atoms with van der Waals surface area (Å²) in [6.07, 6.45) is 44.2. The highest BCUT2D eigenvalue weighted by Gasteiger charge is 2.24. The summed E-state index contributed by atoms with van der Waals surface area (Å²) in [6.45, 7) is 9.53. The molecule has 0 aliphatic carbocycles. The summed E-state index contributed by atoms with van der Waals surface area (Å²) in [6, 6.07) is 0. The molecule has 0 saturated carbocycles. The molecule has 0 aliphatic heterocycles. The highest BCUT2D eigenvalue weighted by Crippen LogP contribution is 2.16. The molecule has 0 amide bonds. The van der Waals surface area contributed by atoms with Crippen molar-refractivity contribution in [2.24, 2.45) is 0 Å². The molecule has 0 spiro atoms. The zero-order valence-corrected chi connectivity index (χ0v) is 38.0. The zero-order chi connectivity index (χ0) is 40.0. The highest BCUT2D eigenvalue weighted by molar-refractivity contribution is 5.71. The summed E-state index contributed by atoms with van der Waals surface area (Å²) < 4.78 is 12.6. The summed E-state index contributed by atoms with van der Waals surface area (Å²) in [5.41, 5.74) is 0. The van der Waals surface area contributed by atoms with Crippen LogP contribution in [0.1, 0.15) is 233 Å². The Morgan fingerprint density at radius 3 is 0.963 bits per heavy atom. The SMILES string of the molecule is CCCCCCCCCCCCCCCCCC[N+](C)(C)CC(=O)OCCC(C)OC(=O)C[N+](C)(C)CCCCCCCCCCCCCCCCCC. The van der Waals surface area contributed by atoms with Crippen molar-refractivity contribution in [1.82, 2.24) is 0 Å². The Balaban J connectivity index is 3.75. The first-order valence-electron chi connectivity index (χ1n) is 24.0. The van der Waals surface area contributed by atoms with Crippen LogP contribution in [0.25, 0.3) is 0 Å². The molecule has 1 atom stereocenters. The first-order chi connectivity index (χ1) is 26.0. The van der Waals surface area contributed by atoms with Crippen molar-refractivity contribution < 1.29 is 28.0 Å². The van der Waals surface area contributed by atoms with Gasteiger partial charge in [0.25, 0.3) is 0 Å². The Morgan fingerprint density at radius 1 is 0.407 bits per heavy atom. The van der Waals surface area contributed by atoms with E-state index in [1.165, 1.54) is 193 Å². The van der Waals surface area contributed by atoms with Crippen LogP contribution in [0.5, 0.6) is 0 Å². The second kappa shape index (κ2) is 37.4. The third-order valence-corrected chi connectivity index (χ3v) is 11.5. The second-order valence-corrected chi connectivity index (χ2v) is 18.6. The molecule has 0 fully saturated rings. The normalized spacial score (nSPS) is 12.6. The minimum Gasteiger partial charge on any atom is -0.461 e. The van der Waals surface area contributed by atoms with E-state index in [-0.39, 0.29) is 18.0 Å². The van der Waals surface area contributed by atoms with Crippen molar-refractivity contribution in [3.8, 4) is 0 Å². The Morgan fingerprint density at radius 2 is 0.667 bits per heavy atom. The number of hydrogen-bond acceptors (Lipinski definition) is 4. The lowest BCUT2D eigenvalue weighted by atomic mass is 10.0. The van der Waals surface area contributed by atoms with Crippen molar-refractivity contribution in [2.45, 2.75) is 239 Å². The summed E-state index contributed by atoms with van der Waals surface area (Å²) in [5.74, 6) is -0.321. The van der Waals surface area contributed by atoms with Gasteiger partial charge in [-0.15, -0.1) is 0 Å². The summed E-state index contributed by atoms with van der Waals surface area (Å²) in [5, 5.41) is 0. The van der Waals surface area contributed by atoms with Crippen LogP contribution < -0.4 is 0 Å². The van der Waals surface area contributed by atoms with Crippen molar-refractivity contribution in [3.63, 3.8) is 0 Å². The first-order valence-corrected chi connectivity index (χ1v) is 24.0. The number of unbranched alkanes of at least 4 members (excludes halogenated alkanes) is 30. The number of carbonyl (C=O) groups is 2. The maximum Gasteiger partial charge on any atom is 0.362 e. The largest absolute Gasteiger partial charge is 0.461 e. The monoisotopic (exact) mass is 767 g/mol. The molecule has 0 saturated heterocycles. The molecule has 0 aromatic rings. The molecule has 0 N–H and O–H groups in total. The van der Waals surface area contributed by atoms with Crippen LogP contribution in [-0.2, 0) is 19.1 Å². The molecule has 54 heavy (non-hydrogen) atoms. The number of quaternary nitrogens is 2. The van der Waals surface area contributed by atoms with Gasteiger partial charge in [-0.1, -0.05) is 194 Å². The summed E-state index contributed by atoms with van der Waals surface area (Å²) >= 11 is 0. The average Bonchev–Trinajstić information content (AvgIpc) is 3.10. The first kappa shape index (κ1) is 52.9. The molecule has 6 heteroatoms. The quantitative estimate of drug-likeness (QED) is 0.0353. The lowest BCUT2D eigenvalue weighted by Crippen LogP contribution is -2.45. The van der Waals surface area contributed by atoms with Crippen LogP contribution in [0.3, 0.4) is 0 Å². The minimum absolute atomic E-state index is 0.160. The van der Waals surface area contributed by atoms with E-state index in [0.717, 1.165) is 25.9 Å². The molecule has 1 unspecified atom stereocenters. The lowest BCUT2D eigenvalue weighted by Gasteiger charge is -2.29. The summed E-state index contributed by atoms with van der Waals surface area (Å²) in [7, 11) is 8.49. The van der Waals surface area contributed by atoms with E-state index < -0.39 is 0 Å². The topological polar surface area (TPSA) is 52.6 Å². The van der Waals surface area contributed by atoms with Gasteiger partial charge in [-0.3, -0.25) is 0 Å². The van der Waals surface area contributed by atoms with E-state index in [1.807, 2.05) is 6.92 Å². The van der Waals surface area contributed by atoms with Crippen LogP contribution in [0.2, 0.25) is 0 Å². The van der Waals surface area contributed by atoms with Crippen LogP contribution in [0.4, 0.5) is 0 Å². The van der Waals surface area contributed by atoms with Gasteiger partial charge >= 0.3 is 11.9 Å². The molecule has 6 nitrogen and oxygen atoms in total. The van der Waals surface area contributed by atoms with Gasteiger partial charge in [-0.25, -0.2) is 9.59 Å². The molecule has 0 aromatic carbocycles. The van der Waals surface area contributed by atoms with Crippen molar-refractivity contribution in [1.29, 1.82) is 0 Å². The molecular weight excluding hydrogens is 669 g/mol. The van der Waals surface area contributed by atoms with E-state index in [0.29, 0.717) is 35.1 Å². The van der Waals surface area contributed by atoms with E-state index in [9.17, 15) is 9.59 Å². The van der Waals surface area contributed by atoms with Crippen molar-refractivity contribution >= 4 is 11.9 Å². The van der Waals surface area contributed by atoms with Crippen LogP contribution in [0, 0.1) is 0 Å². The average molecular weight is 767 g/mol. The Hall–Kier alpha value is -1.14. The van der Waals surface area contributed by atoms with Gasteiger partial charge < -0.3 is 18.4 Å². The zero-order valence-electron chi connectivity index (χ0n) is 38.0. The van der Waals surface area contributed by atoms with E-state index in [4.69, 9.17) is 9.47 Å². The van der Waals surface area contributed by atoms with Gasteiger partial charge in [0.05, 0.1) is 47.9 Å². The number of rotatable bonds is 42. The molecule has 0 heterocycles. The highest BCUT2D eigenvalue weighted by atomic mass is 16.6. The Kier molecular flexibility index (Phi) is 36.6. The van der Waals surface area contributed by atoms with Crippen LogP contribution in [-0.4, -0.2) is 88.0 Å². The van der Waals surface area contributed by atoms with Crippen LogP contribution in [0.15, 0.2) is 0 Å². The fourth-order valence-electron chi connectivity index (χ4n) is 7.74. The second-order valence-electron chi connectivity index (χ2n) is 18.6. The molecule has 322 valence electrons. The number of esters is 2. The third kappa shape index (κ3) is 39.1. The number of carbonyl (C=O) groups excluding carboxylic acids is 2. The predicted molar refractivity (Wildman–Crippen MR) is 234 cm³/mol. The van der Waals surface area contributed by atoms with Gasteiger partial charge in [0, 0.05) is 6.42 Å². The standard InChI is InChI=1S/C48H98N2O4/c1-8-10-12-14-16-18-20-22-24-26-28-30-32-34-36-38-41-49(4,5)44-47(51)53-43-40-46(3)54-48(52)45-50(6,7)42-39-37-35-33-31-29-27-25-23-21-19-17-15-13-11-9-2/h46H,8-45H2,1-7H3/q+2. The Bertz CT molecular complexity index is 830. The van der Waals surface area contributed by atoms with Gasteiger partial charge in [0.2, 0.25) is 0 Å². The minimum atomic E-state index is -0.256. The summed E-state index contributed by atoms with van der Waals surface area (Å²) in [4.78, 5) is 25.2. The lowest BCUT2D eigenvalue weighted by molar-refractivity contribution is -0.883. The smallest absolute Gasteiger partial charge is 0.362 e. The van der Waals surface area contributed by atoms with Crippen LogP contribution >= 0.6 is 0 Å². The number of likely N-dealkylation sites (N-methyl/N-ethyl adjacent to an activating group) is 2. The third-order valence-electron chi connectivity index (χ3n) is 11.5. The fraction of sp³-hybridized carbons (Fsp3) is 0.958. The maximum absolute atomic E-state index is 12.7.